The molecule has 0 saturated heterocycles. The Morgan fingerprint density at radius 3 is 2.32 bits per heavy atom. The van der Waals surface area contributed by atoms with Crippen LogP contribution in [0.15, 0.2) is 18.3 Å². The maximum Gasteiger partial charge on any atom is 0.128 e. The van der Waals surface area contributed by atoms with Gasteiger partial charge >= 0.3 is 0 Å². The van der Waals surface area contributed by atoms with Crippen LogP contribution in [0, 0.1) is 5.41 Å². The third kappa shape index (κ3) is 6.58. The minimum absolute atomic E-state index is 0.140. The van der Waals surface area contributed by atoms with Crippen LogP contribution in [0.1, 0.15) is 47.1 Å². The van der Waals surface area contributed by atoms with Gasteiger partial charge < -0.3 is 10.2 Å². The average Bonchev–Trinajstić information content (AvgIpc) is 2.23. The SMILES string of the molecule is CN(CC(C)(C)C)c1cc(CNC(C)(C)C)ccn1. The van der Waals surface area contributed by atoms with E-state index in [4.69, 9.17) is 0 Å². The molecule has 3 nitrogen and oxygen atoms in total. The summed E-state index contributed by atoms with van der Waals surface area (Å²) in [6.07, 6.45) is 1.90. The van der Waals surface area contributed by atoms with Crippen LogP contribution in [0.2, 0.25) is 0 Å². The van der Waals surface area contributed by atoms with Crippen LogP contribution in [0.25, 0.3) is 0 Å². The van der Waals surface area contributed by atoms with Crippen molar-refractivity contribution in [2.24, 2.45) is 5.41 Å². The zero-order valence-electron chi connectivity index (χ0n) is 13.5. The van der Waals surface area contributed by atoms with Crippen molar-refractivity contribution in [3.05, 3.63) is 23.9 Å². The van der Waals surface area contributed by atoms with Gasteiger partial charge in [0.05, 0.1) is 0 Å². The number of rotatable bonds is 4. The van der Waals surface area contributed by atoms with Crippen LogP contribution in [0.3, 0.4) is 0 Å². The zero-order valence-corrected chi connectivity index (χ0v) is 13.5. The fourth-order valence-electron chi connectivity index (χ4n) is 1.94. The van der Waals surface area contributed by atoms with Crippen molar-refractivity contribution in [1.82, 2.24) is 10.3 Å². The molecule has 1 aromatic heterocycles. The second kappa shape index (κ2) is 5.91. The molecule has 0 saturated carbocycles. The average molecular weight is 263 g/mol. The predicted octanol–water partition coefficient (Wildman–Crippen LogP) is 3.45. The van der Waals surface area contributed by atoms with Gasteiger partial charge in [-0.25, -0.2) is 4.98 Å². The van der Waals surface area contributed by atoms with Gasteiger partial charge in [0.15, 0.2) is 0 Å². The van der Waals surface area contributed by atoms with Crippen LogP contribution in [0.4, 0.5) is 5.82 Å². The Balaban J connectivity index is 2.71. The first-order valence-corrected chi connectivity index (χ1v) is 6.98. The molecular weight excluding hydrogens is 234 g/mol. The van der Waals surface area contributed by atoms with Crippen LogP contribution < -0.4 is 10.2 Å². The Kier molecular flexibility index (Phi) is 4.97. The van der Waals surface area contributed by atoms with Gasteiger partial charge in [0.25, 0.3) is 0 Å². The normalized spacial score (nSPS) is 12.6. The molecule has 1 N–H and O–H groups in total. The van der Waals surface area contributed by atoms with Gasteiger partial charge in [0, 0.05) is 31.9 Å². The van der Waals surface area contributed by atoms with E-state index in [1.807, 2.05) is 6.20 Å². The molecule has 0 atom stereocenters. The molecule has 0 spiro atoms. The van der Waals surface area contributed by atoms with E-state index in [1.54, 1.807) is 0 Å². The lowest BCUT2D eigenvalue weighted by Gasteiger charge is -2.28. The van der Waals surface area contributed by atoms with Gasteiger partial charge in [0.2, 0.25) is 0 Å². The molecule has 0 aliphatic carbocycles. The van der Waals surface area contributed by atoms with Gasteiger partial charge in [-0.1, -0.05) is 20.8 Å². The van der Waals surface area contributed by atoms with Crippen LogP contribution in [-0.4, -0.2) is 24.1 Å². The van der Waals surface area contributed by atoms with Crippen molar-refractivity contribution in [3.63, 3.8) is 0 Å². The molecule has 0 aliphatic rings. The Hall–Kier alpha value is -1.09. The van der Waals surface area contributed by atoms with E-state index in [1.165, 1.54) is 5.56 Å². The maximum atomic E-state index is 4.47. The van der Waals surface area contributed by atoms with Gasteiger partial charge in [-0.15, -0.1) is 0 Å². The largest absolute Gasteiger partial charge is 0.359 e. The van der Waals surface area contributed by atoms with E-state index in [9.17, 15) is 0 Å². The summed E-state index contributed by atoms with van der Waals surface area (Å²) in [7, 11) is 2.11. The molecule has 0 aromatic carbocycles. The summed E-state index contributed by atoms with van der Waals surface area (Å²) >= 11 is 0. The molecule has 0 bridgehead atoms. The lowest BCUT2D eigenvalue weighted by molar-refractivity contribution is 0.417. The van der Waals surface area contributed by atoms with Crippen LogP contribution >= 0.6 is 0 Å². The first-order chi connectivity index (χ1) is 8.57. The molecule has 0 radical (unpaired) electrons. The molecule has 19 heavy (non-hydrogen) atoms. The van der Waals surface area contributed by atoms with E-state index < -0.39 is 0 Å². The molecule has 0 fully saturated rings. The van der Waals surface area contributed by atoms with Gasteiger partial charge in [-0.05, 0) is 43.9 Å². The van der Waals surface area contributed by atoms with Crippen molar-refractivity contribution in [2.45, 2.75) is 53.6 Å². The molecule has 1 aromatic rings. The van der Waals surface area contributed by atoms with Crippen molar-refractivity contribution in [3.8, 4) is 0 Å². The van der Waals surface area contributed by atoms with Crippen LogP contribution in [0.5, 0.6) is 0 Å². The molecule has 108 valence electrons. The standard InChI is InChI=1S/C16H29N3/c1-15(2,3)12-19(7)14-10-13(8-9-17-14)11-18-16(4,5)6/h8-10,18H,11-12H2,1-7H3. The highest BCUT2D eigenvalue weighted by atomic mass is 15.2. The summed E-state index contributed by atoms with van der Waals surface area (Å²) < 4.78 is 0. The van der Waals surface area contributed by atoms with E-state index >= 15 is 0 Å². The van der Waals surface area contributed by atoms with E-state index in [2.05, 4.69) is 75.9 Å². The summed E-state index contributed by atoms with van der Waals surface area (Å²) in [6, 6.07) is 4.25. The molecule has 1 rings (SSSR count). The van der Waals surface area contributed by atoms with Crippen molar-refractivity contribution in [1.29, 1.82) is 0 Å². The highest BCUT2D eigenvalue weighted by Gasteiger charge is 2.15. The Bertz CT molecular complexity index is 399. The number of anilines is 1. The van der Waals surface area contributed by atoms with Crippen molar-refractivity contribution < 1.29 is 0 Å². The van der Waals surface area contributed by atoms with Gasteiger partial charge in [0.1, 0.15) is 5.82 Å². The number of pyridine rings is 1. The third-order valence-electron chi connectivity index (χ3n) is 2.74. The molecule has 0 amide bonds. The summed E-state index contributed by atoms with van der Waals surface area (Å²) in [5.41, 5.74) is 1.69. The third-order valence-corrected chi connectivity index (χ3v) is 2.74. The lowest BCUT2D eigenvalue weighted by atomic mass is 9.96. The number of nitrogens with zero attached hydrogens (tertiary/aromatic N) is 2. The minimum atomic E-state index is 0.140. The van der Waals surface area contributed by atoms with E-state index in [-0.39, 0.29) is 11.0 Å². The smallest absolute Gasteiger partial charge is 0.128 e. The van der Waals surface area contributed by atoms with Crippen molar-refractivity contribution in [2.75, 3.05) is 18.5 Å². The fourth-order valence-corrected chi connectivity index (χ4v) is 1.94. The summed E-state index contributed by atoms with van der Waals surface area (Å²) in [4.78, 5) is 6.69. The second-order valence-electron chi connectivity index (χ2n) is 7.54. The van der Waals surface area contributed by atoms with Gasteiger partial charge in [-0.2, -0.15) is 0 Å². The number of aromatic nitrogens is 1. The minimum Gasteiger partial charge on any atom is -0.359 e. The molecule has 3 heteroatoms. The Labute approximate surface area is 118 Å². The van der Waals surface area contributed by atoms with E-state index in [0.717, 1.165) is 18.9 Å². The number of hydrogen-bond acceptors (Lipinski definition) is 3. The summed E-state index contributed by atoms with van der Waals surface area (Å²) in [5.74, 6) is 1.04. The van der Waals surface area contributed by atoms with Crippen LogP contribution in [-0.2, 0) is 6.54 Å². The first-order valence-electron chi connectivity index (χ1n) is 6.98. The summed E-state index contributed by atoms with van der Waals surface area (Å²) in [5, 5.41) is 3.51. The predicted molar refractivity (Wildman–Crippen MR) is 83.6 cm³/mol. The van der Waals surface area contributed by atoms with Gasteiger partial charge in [-0.3, -0.25) is 0 Å². The quantitative estimate of drug-likeness (QED) is 0.902. The number of nitrogens with one attached hydrogen (secondary N) is 1. The fraction of sp³-hybridized carbons (Fsp3) is 0.688. The monoisotopic (exact) mass is 263 g/mol. The molecule has 1 heterocycles. The highest BCUT2D eigenvalue weighted by molar-refractivity contribution is 5.40. The molecule has 0 aliphatic heterocycles. The zero-order chi connectivity index (χ0) is 14.7. The summed E-state index contributed by atoms with van der Waals surface area (Å²) in [6.45, 7) is 15.2. The second-order valence-corrected chi connectivity index (χ2v) is 7.54. The first kappa shape index (κ1) is 16.0. The lowest BCUT2D eigenvalue weighted by Crippen LogP contribution is -2.35. The molecular formula is C16H29N3. The van der Waals surface area contributed by atoms with Crippen molar-refractivity contribution >= 4 is 5.82 Å². The highest BCUT2D eigenvalue weighted by Crippen LogP contribution is 2.19. The number of hydrogen-bond donors (Lipinski definition) is 1. The van der Waals surface area contributed by atoms with E-state index in [0.29, 0.717) is 0 Å². The Morgan fingerprint density at radius 2 is 1.79 bits per heavy atom. The maximum absolute atomic E-state index is 4.47. The topological polar surface area (TPSA) is 28.2 Å². The Morgan fingerprint density at radius 1 is 1.16 bits per heavy atom. The molecule has 0 unspecified atom stereocenters.